The Hall–Kier alpha value is -1.29. The minimum absolute atomic E-state index is 0.0147. The van der Waals surface area contributed by atoms with Crippen LogP contribution in [0.15, 0.2) is 12.3 Å². The number of nitrogens with zero attached hydrogens (tertiary/aromatic N) is 3. The Bertz CT molecular complexity index is 495. The van der Waals surface area contributed by atoms with Gasteiger partial charge in [0.1, 0.15) is 0 Å². The van der Waals surface area contributed by atoms with Crippen LogP contribution in [0.4, 0.5) is 0 Å². The molecule has 2 aromatic heterocycles. The topological polar surface area (TPSA) is 50.9 Å². The molecule has 0 spiro atoms. The van der Waals surface area contributed by atoms with Crippen molar-refractivity contribution in [3.05, 3.63) is 17.3 Å². The number of hydrogen-bond donors (Lipinski definition) is 1. The number of aromatic nitrogens is 3. The summed E-state index contributed by atoms with van der Waals surface area (Å²) in [4.78, 5) is 8.05. The van der Waals surface area contributed by atoms with Gasteiger partial charge in [-0.3, -0.25) is 4.57 Å². The van der Waals surface area contributed by atoms with Gasteiger partial charge in [-0.2, -0.15) is 4.98 Å². The van der Waals surface area contributed by atoms with Crippen LogP contribution in [0, 0.1) is 0 Å². The zero-order valence-corrected chi connectivity index (χ0v) is 9.91. The summed E-state index contributed by atoms with van der Waals surface area (Å²) >= 11 is 5.88. The number of aromatic hydroxyl groups is 1. The van der Waals surface area contributed by atoms with Crippen molar-refractivity contribution < 1.29 is 5.11 Å². The lowest BCUT2D eigenvalue weighted by Crippen LogP contribution is -1.97. The van der Waals surface area contributed by atoms with Gasteiger partial charge in [-0.15, -0.1) is 0 Å². The summed E-state index contributed by atoms with van der Waals surface area (Å²) in [5.41, 5.74) is 1.33. The molecule has 86 valence electrons. The molecule has 0 atom stereocenters. The molecular weight excluding hydrogens is 226 g/mol. The van der Waals surface area contributed by atoms with E-state index in [9.17, 15) is 5.11 Å². The molecule has 0 amide bonds. The van der Waals surface area contributed by atoms with E-state index in [1.807, 2.05) is 0 Å². The number of rotatable bonds is 4. The molecule has 2 heterocycles. The molecule has 1 N–H and O–H groups in total. The van der Waals surface area contributed by atoms with E-state index in [-0.39, 0.29) is 6.01 Å². The van der Waals surface area contributed by atoms with Crippen LogP contribution in [0.5, 0.6) is 6.01 Å². The fourth-order valence-corrected chi connectivity index (χ4v) is 1.86. The van der Waals surface area contributed by atoms with Crippen molar-refractivity contribution in [1.82, 2.24) is 14.5 Å². The van der Waals surface area contributed by atoms with Crippen LogP contribution in [0.3, 0.4) is 0 Å². The number of fused-ring (bicyclic) bond motifs is 1. The van der Waals surface area contributed by atoms with Crippen molar-refractivity contribution in [2.45, 2.75) is 32.7 Å². The first-order chi connectivity index (χ1) is 7.72. The number of imidazole rings is 1. The van der Waals surface area contributed by atoms with Crippen LogP contribution in [-0.4, -0.2) is 19.6 Å². The lowest BCUT2D eigenvalue weighted by Gasteiger charge is -2.04. The lowest BCUT2D eigenvalue weighted by molar-refractivity contribution is 0.397. The maximum atomic E-state index is 9.69. The molecule has 0 fully saturated rings. The molecule has 0 saturated heterocycles. The highest BCUT2D eigenvalue weighted by molar-refractivity contribution is 6.31. The average molecular weight is 240 g/mol. The predicted octanol–water partition coefficient (Wildman–Crippen LogP) is 2.98. The van der Waals surface area contributed by atoms with E-state index < -0.39 is 0 Å². The molecule has 0 radical (unpaired) electrons. The second-order valence-electron chi connectivity index (χ2n) is 3.77. The number of halogens is 1. The summed E-state index contributed by atoms with van der Waals surface area (Å²) in [5, 5.41) is 10.3. The SMILES string of the molecule is CCCCCn1c(O)nc2ncc(Cl)cc21. The monoisotopic (exact) mass is 239 g/mol. The normalized spacial score (nSPS) is 11.1. The van der Waals surface area contributed by atoms with E-state index in [2.05, 4.69) is 16.9 Å². The minimum atomic E-state index is 0.0147. The summed E-state index contributed by atoms with van der Waals surface area (Å²) in [6.45, 7) is 2.89. The standard InChI is InChI=1S/C11H14ClN3O/c1-2-3-4-5-15-9-6-8(12)7-13-10(9)14-11(15)16/h6-7H,2-5H2,1H3,(H,13,14,16). The van der Waals surface area contributed by atoms with Gasteiger partial charge in [-0.1, -0.05) is 31.4 Å². The second kappa shape index (κ2) is 4.70. The number of aryl methyl sites for hydroxylation is 1. The number of pyridine rings is 1. The molecule has 0 aliphatic carbocycles. The summed E-state index contributed by atoms with van der Waals surface area (Å²) < 4.78 is 1.75. The van der Waals surface area contributed by atoms with Crippen molar-refractivity contribution in [2.75, 3.05) is 0 Å². The minimum Gasteiger partial charge on any atom is -0.480 e. The van der Waals surface area contributed by atoms with Crippen molar-refractivity contribution in [3.63, 3.8) is 0 Å². The van der Waals surface area contributed by atoms with E-state index in [1.165, 1.54) is 6.20 Å². The van der Waals surface area contributed by atoms with Crippen LogP contribution < -0.4 is 0 Å². The first-order valence-electron chi connectivity index (χ1n) is 5.43. The first-order valence-corrected chi connectivity index (χ1v) is 5.81. The molecule has 5 heteroatoms. The summed E-state index contributed by atoms with van der Waals surface area (Å²) in [6, 6.07) is 1.80. The molecule has 2 rings (SSSR count). The molecule has 0 saturated carbocycles. The fraction of sp³-hybridized carbons (Fsp3) is 0.455. The Morgan fingerprint density at radius 3 is 3.00 bits per heavy atom. The van der Waals surface area contributed by atoms with E-state index in [4.69, 9.17) is 11.6 Å². The largest absolute Gasteiger partial charge is 0.480 e. The lowest BCUT2D eigenvalue weighted by atomic mass is 10.2. The van der Waals surface area contributed by atoms with Crippen molar-refractivity contribution in [3.8, 4) is 6.01 Å². The average Bonchev–Trinajstić information content (AvgIpc) is 2.56. The zero-order valence-electron chi connectivity index (χ0n) is 9.15. The first kappa shape index (κ1) is 11.2. The van der Waals surface area contributed by atoms with Gasteiger partial charge in [0.25, 0.3) is 6.01 Å². The van der Waals surface area contributed by atoms with Crippen LogP contribution in [0.25, 0.3) is 11.2 Å². The van der Waals surface area contributed by atoms with Crippen molar-refractivity contribution in [2.24, 2.45) is 0 Å². The predicted molar refractivity (Wildman–Crippen MR) is 63.7 cm³/mol. The van der Waals surface area contributed by atoms with Gasteiger partial charge in [0.15, 0.2) is 5.65 Å². The Morgan fingerprint density at radius 1 is 1.44 bits per heavy atom. The number of unbranched alkanes of at least 4 members (excludes halogenated alkanes) is 2. The third-order valence-electron chi connectivity index (χ3n) is 2.54. The maximum Gasteiger partial charge on any atom is 0.296 e. The van der Waals surface area contributed by atoms with Gasteiger partial charge in [0.05, 0.1) is 10.5 Å². The smallest absolute Gasteiger partial charge is 0.296 e. The van der Waals surface area contributed by atoms with Gasteiger partial charge >= 0.3 is 0 Å². The van der Waals surface area contributed by atoms with Gasteiger partial charge in [0, 0.05) is 12.7 Å². The van der Waals surface area contributed by atoms with E-state index in [0.29, 0.717) is 10.7 Å². The molecule has 0 aliphatic rings. The van der Waals surface area contributed by atoms with Crippen molar-refractivity contribution in [1.29, 1.82) is 0 Å². The molecule has 0 aliphatic heterocycles. The third kappa shape index (κ3) is 2.11. The molecule has 0 bridgehead atoms. The van der Waals surface area contributed by atoms with Crippen LogP contribution >= 0.6 is 11.6 Å². The molecule has 4 nitrogen and oxygen atoms in total. The Kier molecular flexibility index (Phi) is 3.29. The Balaban J connectivity index is 2.34. The van der Waals surface area contributed by atoms with Crippen molar-refractivity contribution >= 4 is 22.8 Å². The third-order valence-corrected chi connectivity index (χ3v) is 2.74. The van der Waals surface area contributed by atoms with Gasteiger partial charge in [-0.25, -0.2) is 4.98 Å². The van der Waals surface area contributed by atoms with Gasteiger partial charge in [-0.05, 0) is 12.5 Å². The zero-order chi connectivity index (χ0) is 11.5. The van der Waals surface area contributed by atoms with E-state index in [0.717, 1.165) is 31.3 Å². The molecular formula is C11H14ClN3O. The Morgan fingerprint density at radius 2 is 2.25 bits per heavy atom. The van der Waals surface area contributed by atoms with E-state index >= 15 is 0 Å². The molecule has 16 heavy (non-hydrogen) atoms. The summed E-state index contributed by atoms with van der Waals surface area (Å²) in [6.07, 6.45) is 4.83. The second-order valence-corrected chi connectivity index (χ2v) is 4.20. The molecule has 0 aromatic carbocycles. The van der Waals surface area contributed by atoms with Crippen LogP contribution in [0.1, 0.15) is 26.2 Å². The highest BCUT2D eigenvalue weighted by Crippen LogP contribution is 2.22. The highest BCUT2D eigenvalue weighted by Gasteiger charge is 2.10. The summed E-state index contributed by atoms with van der Waals surface area (Å²) in [7, 11) is 0. The fourth-order valence-electron chi connectivity index (χ4n) is 1.71. The molecule has 2 aromatic rings. The van der Waals surface area contributed by atoms with Crippen LogP contribution in [0.2, 0.25) is 5.02 Å². The molecule has 0 unspecified atom stereocenters. The maximum absolute atomic E-state index is 9.69. The quantitative estimate of drug-likeness (QED) is 0.835. The van der Waals surface area contributed by atoms with Gasteiger partial charge < -0.3 is 5.11 Å². The van der Waals surface area contributed by atoms with Crippen LogP contribution in [-0.2, 0) is 6.54 Å². The van der Waals surface area contributed by atoms with Gasteiger partial charge in [0.2, 0.25) is 0 Å². The summed E-state index contributed by atoms with van der Waals surface area (Å²) in [5.74, 6) is 0. The Labute approximate surface area is 98.9 Å². The number of hydrogen-bond acceptors (Lipinski definition) is 3. The highest BCUT2D eigenvalue weighted by atomic mass is 35.5. The van der Waals surface area contributed by atoms with E-state index in [1.54, 1.807) is 10.6 Å².